The Balaban J connectivity index is 3.36. The van der Waals surface area contributed by atoms with Gasteiger partial charge in [0.15, 0.2) is 6.29 Å². The van der Waals surface area contributed by atoms with Crippen molar-refractivity contribution in [2.75, 3.05) is 0 Å². The summed E-state index contributed by atoms with van der Waals surface area (Å²) in [5.41, 5.74) is -1.01. The summed E-state index contributed by atoms with van der Waals surface area (Å²) in [6, 6.07) is 1.49. The molecule has 0 aliphatic rings. The zero-order chi connectivity index (χ0) is 13.0. The van der Waals surface area contributed by atoms with E-state index < -0.39 is 22.4 Å². The molecule has 7 heteroatoms. The molecule has 1 N–H and O–H groups in total. The van der Waals surface area contributed by atoms with Gasteiger partial charge in [0, 0.05) is 17.7 Å². The Hall–Kier alpha value is -2.57. The van der Waals surface area contributed by atoms with Crippen molar-refractivity contribution in [3.8, 4) is 0 Å². The average Bonchev–Trinajstić information content (AvgIpc) is 2.26. The standard InChI is InChI=1S/C10H6FNO5/c11-8-3-7(5-13)6(1-2-10(14)15)4-9(8)12(16)17/h1-5H,(H,14,15)/b2-1+. The molecule has 0 amide bonds. The molecule has 6 nitrogen and oxygen atoms in total. The van der Waals surface area contributed by atoms with Gasteiger partial charge in [0.05, 0.1) is 4.92 Å². The lowest BCUT2D eigenvalue weighted by Gasteiger charge is -2.00. The molecule has 0 aliphatic heterocycles. The third kappa shape index (κ3) is 2.94. The maximum Gasteiger partial charge on any atom is 0.328 e. The molecular formula is C10H6FNO5. The zero-order valence-electron chi connectivity index (χ0n) is 8.29. The number of halogens is 1. The first-order valence-electron chi connectivity index (χ1n) is 4.30. The van der Waals surface area contributed by atoms with Crippen LogP contribution >= 0.6 is 0 Å². The van der Waals surface area contributed by atoms with E-state index in [1.54, 1.807) is 0 Å². The van der Waals surface area contributed by atoms with Crippen LogP contribution in [0.5, 0.6) is 0 Å². The Labute approximate surface area is 94.1 Å². The molecule has 0 atom stereocenters. The number of hydrogen-bond donors (Lipinski definition) is 1. The van der Waals surface area contributed by atoms with Crippen molar-refractivity contribution in [1.82, 2.24) is 0 Å². The van der Waals surface area contributed by atoms with Gasteiger partial charge >= 0.3 is 11.7 Å². The number of carboxylic acid groups (broad SMARTS) is 1. The van der Waals surface area contributed by atoms with Crippen molar-refractivity contribution >= 4 is 24.0 Å². The van der Waals surface area contributed by atoms with Crippen LogP contribution in [0.15, 0.2) is 18.2 Å². The van der Waals surface area contributed by atoms with Crippen molar-refractivity contribution < 1.29 is 24.0 Å². The molecule has 0 aliphatic carbocycles. The largest absolute Gasteiger partial charge is 0.478 e. The second kappa shape index (κ2) is 4.97. The van der Waals surface area contributed by atoms with Gasteiger partial charge in [-0.15, -0.1) is 0 Å². The van der Waals surface area contributed by atoms with E-state index in [1.807, 2.05) is 0 Å². The number of hydrogen-bond acceptors (Lipinski definition) is 4. The smallest absolute Gasteiger partial charge is 0.328 e. The minimum absolute atomic E-state index is 0.0319. The molecule has 88 valence electrons. The highest BCUT2D eigenvalue weighted by atomic mass is 19.1. The molecule has 1 aromatic rings. The third-order valence-corrected chi connectivity index (χ3v) is 1.88. The summed E-state index contributed by atoms with van der Waals surface area (Å²) in [7, 11) is 0. The fourth-order valence-electron chi connectivity index (χ4n) is 1.14. The lowest BCUT2D eigenvalue weighted by atomic mass is 10.1. The molecular weight excluding hydrogens is 233 g/mol. The van der Waals surface area contributed by atoms with Gasteiger partial charge in [-0.05, 0) is 17.7 Å². The SMILES string of the molecule is O=Cc1cc(F)c([N+](=O)[O-])cc1/C=C/C(=O)O. The van der Waals surface area contributed by atoms with Crippen LogP contribution in [0.1, 0.15) is 15.9 Å². The monoisotopic (exact) mass is 239 g/mol. The lowest BCUT2D eigenvalue weighted by Crippen LogP contribution is -1.97. The van der Waals surface area contributed by atoms with E-state index in [0.717, 1.165) is 12.1 Å². The second-order valence-corrected chi connectivity index (χ2v) is 2.98. The summed E-state index contributed by atoms with van der Waals surface area (Å²) in [5.74, 6) is -2.43. The highest BCUT2D eigenvalue weighted by Gasteiger charge is 2.16. The van der Waals surface area contributed by atoms with E-state index in [1.165, 1.54) is 0 Å². The topological polar surface area (TPSA) is 97.5 Å². The van der Waals surface area contributed by atoms with E-state index in [-0.39, 0.29) is 17.4 Å². The summed E-state index contributed by atoms with van der Waals surface area (Å²) in [6.45, 7) is 0. The Kier molecular flexibility index (Phi) is 3.66. The molecule has 0 heterocycles. The predicted octanol–water partition coefficient (Wildman–Crippen LogP) is 1.64. The van der Waals surface area contributed by atoms with Gasteiger partial charge in [0.2, 0.25) is 5.82 Å². The van der Waals surface area contributed by atoms with E-state index in [9.17, 15) is 24.1 Å². The molecule has 0 spiro atoms. The normalized spacial score (nSPS) is 10.4. The Bertz CT molecular complexity index is 524. The fraction of sp³-hybridized carbons (Fsp3) is 0. The maximum absolute atomic E-state index is 13.1. The van der Waals surface area contributed by atoms with E-state index in [4.69, 9.17) is 5.11 Å². The summed E-state index contributed by atoms with van der Waals surface area (Å²) in [5, 5.41) is 18.8. The van der Waals surface area contributed by atoms with Crippen LogP contribution in [0, 0.1) is 15.9 Å². The number of aliphatic carboxylic acids is 1. The van der Waals surface area contributed by atoms with Crippen LogP contribution in [0.2, 0.25) is 0 Å². The minimum Gasteiger partial charge on any atom is -0.478 e. The highest BCUT2D eigenvalue weighted by Crippen LogP contribution is 2.22. The van der Waals surface area contributed by atoms with Crippen LogP contribution in [0.3, 0.4) is 0 Å². The second-order valence-electron chi connectivity index (χ2n) is 2.98. The van der Waals surface area contributed by atoms with E-state index >= 15 is 0 Å². The Morgan fingerprint density at radius 3 is 2.53 bits per heavy atom. The number of aldehydes is 1. The number of rotatable bonds is 4. The predicted molar refractivity (Wildman–Crippen MR) is 55.1 cm³/mol. The number of carbonyl (C=O) groups is 2. The van der Waals surface area contributed by atoms with Crippen LogP contribution < -0.4 is 0 Å². The first kappa shape index (κ1) is 12.5. The van der Waals surface area contributed by atoms with Gasteiger partial charge in [0.25, 0.3) is 0 Å². The molecule has 0 bridgehead atoms. The lowest BCUT2D eigenvalue weighted by molar-refractivity contribution is -0.387. The minimum atomic E-state index is -1.28. The van der Waals surface area contributed by atoms with Gasteiger partial charge in [0.1, 0.15) is 0 Å². The first-order chi connectivity index (χ1) is 7.95. The zero-order valence-corrected chi connectivity index (χ0v) is 8.29. The van der Waals surface area contributed by atoms with Crippen molar-refractivity contribution in [1.29, 1.82) is 0 Å². The Morgan fingerprint density at radius 1 is 1.41 bits per heavy atom. The molecule has 17 heavy (non-hydrogen) atoms. The molecule has 1 aromatic carbocycles. The molecule has 0 radical (unpaired) electrons. The first-order valence-corrected chi connectivity index (χ1v) is 4.30. The van der Waals surface area contributed by atoms with Gasteiger partial charge in [-0.2, -0.15) is 4.39 Å². The number of carboxylic acids is 1. The van der Waals surface area contributed by atoms with Crippen LogP contribution in [-0.2, 0) is 4.79 Å². The number of nitro benzene ring substituents is 1. The Morgan fingerprint density at radius 2 is 2.06 bits per heavy atom. The number of carbonyl (C=O) groups excluding carboxylic acids is 1. The summed E-state index contributed by atoms with van der Waals surface area (Å²) < 4.78 is 13.1. The van der Waals surface area contributed by atoms with Gasteiger partial charge < -0.3 is 5.11 Å². The average molecular weight is 239 g/mol. The van der Waals surface area contributed by atoms with Crippen molar-refractivity contribution in [3.05, 3.63) is 45.3 Å². The molecule has 1 rings (SSSR count). The summed E-state index contributed by atoms with van der Waals surface area (Å²) in [4.78, 5) is 30.4. The van der Waals surface area contributed by atoms with Crippen LogP contribution in [0.25, 0.3) is 6.08 Å². The van der Waals surface area contributed by atoms with Crippen molar-refractivity contribution in [2.24, 2.45) is 0 Å². The summed E-state index contributed by atoms with van der Waals surface area (Å²) in [6.07, 6.45) is 1.97. The van der Waals surface area contributed by atoms with E-state index in [0.29, 0.717) is 12.1 Å². The highest BCUT2D eigenvalue weighted by molar-refractivity contribution is 5.89. The molecule has 0 unspecified atom stereocenters. The van der Waals surface area contributed by atoms with E-state index in [2.05, 4.69) is 0 Å². The quantitative estimate of drug-likeness (QED) is 0.373. The molecule has 0 saturated carbocycles. The van der Waals surface area contributed by atoms with Crippen LogP contribution in [0.4, 0.5) is 10.1 Å². The van der Waals surface area contributed by atoms with Crippen molar-refractivity contribution in [2.45, 2.75) is 0 Å². The number of benzene rings is 1. The number of nitro groups is 1. The fourth-order valence-corrected chi connectivity index (χ4v) is 1.14. The van der Waals surface area contributed by atoms with Gasteiger partial charge in [-0.3, -0.25) is 14.9 Å². The van der Waals surface area contributed by atoms with Gasteiger partial charge in [-0.25, -0.2) is 4.79 Å². The van der Waals surface area contributed by atoms with Crippen LogP contribution in [-0.4, -0.2) is 22.3 Å². The molecule has 0 fully saturated rings. The van der Waals surface area contributed by atoms with Crippen molar-refractivity contribution in [3.63, 3.8) is 0 Å². The molecule has 0 saturated heterocycles. The maximum atomic E-state index is 13.1. The molecule has 0 aromatic heterocycles. The number of nitrogens with zero attached hydrogens (tertiary/aromatic N) is 1. The van der Waals surface area contributed by atoms with Gasteiger partial charge in [-0.1, -0.05) is 0 Å². The third-order valence-electron chi connectivity index (χ3n) is 1.88. The summed E-state index contributed by atoms with van der Waals surface area (Å²) >= 11 is 0.